The van der Waals surface area contributed by atoms with Crippen LogP contribution in [0, 0.1) is 5.41 Å². The van der Waals surface area contributed by atoms with Gasteiger partial charge in [-0.3, -0.25) is 9.35 Å². The number of esters is 1. The SMILES string of the molecule is CCN(c1ccc2c(-c3ccccc3S(=O)(=O)N(CC)CCOC(=O)NCCOC(=O)C(C)(C)CC)c3cc/c(=N\c4c(C(C)C)cc([SH](=O)=O)cc4C(C)C)cc-3oc2c1)c1c(C(C)C)cc(S(=O)(=O)O)cc1C(C)C. The Morgan fingerprint density at radius 3 is 1.90 bits per heavy atom. The summed E-state index contributed by atoms with van der Waals surface area (Å²) in [4.78, 5) is 32.3. The second kappa shape index (κ2) is 24.7. The third-order valence-corrected chi connectivity index (χ3v) is 17.4. The predicted molar refractivity (Wildman–Crippen MR) is 303 cm³/mol. The molecule has 0 saturated heterocycles. The van der Waals surface area contributed by atoms with Gasteiger partial charge in [0.25, 0.3) is 10.1 Å². The number of ether oxygens (including phenoxy) is 2. The van der Waals surface area contributed by atoms with Crippen LogP contribution in [-0.4, -0.2) is 85.6 Å². The van der Waals surface area contributed by atoms with E-state index in [4.69, 9.17) is 18.9 Å². The first-order chi connectivity index (χ1) is 36.2. The van der Waals surface area contributed by atoms with Gasteiger partial charge < -0.3 is 24.1 Å². The lowest BCUT2D eigenvalue weighted by atomic mass is 9.91. The van der Waals surface area contributed by atoms with Crippen LogP contribution >= 0.6 is 0 Å². The van der Waals surface area contributed by atoms with Crippen LogP contribution in [0.1, 0.15) is 142 Å². The highest BCUT2D eigenvalue weighted by molar-refractivity contribution is 7.89. The molecule has 2 N–H and O–H groups in total. The molecule has 416 valence electrons. The smallest absolute Gasteiger partial charge is 0.407 e. The first-order valence-corrected chi connectivity index (χ1v) is 30.2. The maximum Gasteiger partial charge on any atom is 0.407 e. The standard InChI is InChI=1S/C58H74N4O12S3/c1-14-58(12,13)56(63)72-27-25-59-57(64)73-28-26-61(15-2)76(67,68)52-20-18-17-19-45(52)53-43-23-21-39(60-54-46(35(4)5)31-41(75(65)66)32-47(54)36(6)7)29-50(43)74-51-30-40(22-24-44(51)53)62(16-3)55-48(37(8)9)33-42(77(69,70)71)34-49(55)38(10)11/h17-24,29-38,75H,14-16,25-28H2,1-13H3,(H,59,64)(H,69,70,71)/b60-39+. The van der Waals surface area contributed by atoms with E-state index < -0.39 is 42.4 Å². The number of likely N-dealkylation sites (N-methyl/N-ethyl adjacent to an activating group) is 1. The Balaban J connectivity index is 1.53. The Kier molecular flexibility index (Phi) is 19.3. The molecule has 1 heterocycles. The van der Waals surface area contributed by atoms with Crippen LogP contribution in [-0.2, 0) is 45.1 Å². The van der Waals surface area contributed by atoms with E-state index >= 15 is 0 Å². The normalized spacial score (nSPS) is 12.8. The van der Waals surface area contributed by atoms with Gasteiger partial charge in [-0.2, -0.15) is 12.7 Å². The van der Waals surface area contributed by atoms with E-state index in [1.54, 1.807) is 57.2 Å². The molecule has 0 fully saturated rings. The van der Waals surface area contributed by atoms with Gasteiger partial charge in [0.05, 0.1) is 37.7 Å². The molecule has 16 nitrogen and oxygen atoms in total. The van der Waals surface area contributed by atoms with E-state index in [0.717, 1.165) is 16.8 Å². The van der Waals surface area contributed by atoms with Crippen molar-refractivity contribution in [2.24, 2.45) is 10.4 Å². The highest BCUT2D eigenvalue weighted by atomic mass is 32.2. The van der Waals surface area contributed by atoms with Gasteiger partial charge in [-0.05, 0) is 128 Å². The summed E-state index contributed by atoms with van der Waals surface area (Å²) in [5.41, 5.74) is 6.30. The molecule has 0 spiro atoms. The largest absolute Gasteiger partial charge is 0.463 e. The molecule has 6 rings (SSSR count). The Hall–Kier alpha value is -6.12. The summed E-state index contributed by atoms with van der Waals surface area (Å²) in [5, 5.41) is 3.63. The van der Waals surface area contributed by atoms with E-state index in [1.165, 1.54) is 22.5 Å². The molecular formula is C58H74N4O12S3. The van der Waals surface area contributed by atoms with Gasteiger partial charge in [-0.1, -0.05) is 87.4 Å². The Bertz CT molecular complexity index is 3440. The van der Waals surface area contributed by atoms with Gasteiger partial charge in [-0.15, -0.1) is 0 Å². The molecule has 0 radical (unpaired) electrons. The summed E-state index contributed by atoms with van der Waals surface area (Å²) in [6.45, 7) is 24.9. The zero-order valence-electron chi connectivity index (χ0n) is 46.4. The van der Waals surface area contributed by atoms with Crippen LogP contribution < -0.4 is 15.6 Å². The number of amides is 1. The van der Waals surface area contributed by atoms with Crippen molar-refractivity contribution in [1.82, 2.24) is 9.62 Å². The second-order valence-electron chi connectivity index (χ2n) is 20.9. The third kappa shape index (κ3) is 13.4. The lowest BCUT2D eigenvalue weighted by Gasteiger charge is -2.32. The highest BCUT2D eigenvalue weighted by Crippen LogP contribution is 2.46. The summed E-state index contributed by atoms with van der Waals surface area (Å²) >= 11 is 0. The number of hydrogen-bond donors (Lipinski definition) is 3. The van der Waals surface area contributed by atoms with Gasteiger partial charge in [0.1, 0.15) is 24.6 Å². The molecule has 0 saturated carbocycles. The molecule has 0 bridgehead atoms. The van der Waals surface area contributed by atoms with Crippen molar-refractivity contribution in [3.63, 3.8) is 0 Å². The fraction of sp³-hybridized carbons (Fsp3) is 0.431. The molecule has 4 aromatic carbocycles. The van der Waals surface area contributed by atoms with Crippen LogP contribution in [0.2, 0.25) is 0 Å². The van der Waals surface area contributed by atoms with Crippen molar-refractivity contribution in [2.75, 3.05) is 44.3 Å². The van der Waals surface area contributed by atoms with Gasteiger partial charge in [0.2, 0.25) is 10.0 Å². The summed E-state index contributed by atoms with van der Waals surface area (Å²) in [5.74, 6) is -0.479. The number of rotatable bonds is 22. The number of thiol groups is 1. The number of carbonyl (C=O) groups is 2. The van der Waals surface area contributed by atoms with Crippen LogP contribution in [0.25, 0.3) is 33.4 Å². The monoisotopic (exact) mass is 1110 g/mol. The van der Waals surface area contributed by atoms with Gasteiger partial charge in [-0.25, -0.2) is 26.6 Å². The topological polar surface area (TPSA) is 219 Å². The number of hydrogen-bond acceptors (Lipinski definition) is 13. The van der Waals surface area contributed by atoms with Crippen LogP contribution in [0.5, 0.6) is 0 Å². The predicted octanol–water partition coefficient (Wildman–Crippen LogP) is 12.0. The molecular weight excluding hydrogens is 1040 g/mol. The van der Waals surface area contributed by atoms with E-state index in [-0.39, 0.29) is 77.2 Å². The molecule has 4 aromatic rings. The first-order valence-electron chi connectivity index (χ1n) is 26.1. The van der Waals surface area contributed by atoms with Gasteiger partial charge in [0.15, 0.2) is 10.7 Å². The van der Waals surface area contributed by atoms with Crippen molar-refractivity contribution in [2.45, 2.75) is 135 Å². The minimum absolute atomic E-state index is 0.00556. The minimum Gasteiger partial charge on any atom is -0.463 e. The number of nitrogens with one attached hydrogen (secondary N) is 1. The quantitative estimate of drug-likeness (QED) is 0.0190. The van der Waals surface area contributed by atoms with Crippen molar-refractivity contribution in [3.05, 3.63) is 113 Å². The lowest BCUT2D eigenvalue weighted by molar-refractivity contribution is -0.153. The van der Waals surface area contributed by atoms with E-state index in [0.29, 0.717) is 74.2 Å². The van der Waals surface area contributed by atoms with Crippen molar-refractivity contribution < 1.29 is 53.3 Å². The number of alkyl carbamates (subject to hydrolysis) is 1. The lowest BCUT2D eigenvalue weighted by Crippen LogP contribution is -2.36. The maximum atomic E-state index is 15.0. The summed E-state index contributed by atoms with van der Waals surface area (Å²) < 4.78 is 109. The highest BCUT2D eigenvalue weighted by Gasteiger charge is 2.31. The van der Waals surface area contributed by atoms with Gasteiger partial charge >= 0.3 is 12.1 Å². The van der Waals surface area contributed by atoms with Crippen LogP contribution in [0.4, 0.5) is 21.9 Å². The fourth-order valence-electron chi connectivity index (χ4n) is 9.18. The molecule has 1 amide bonds. The average Bonchev–Trinajstić information content (AvgIpc) is 3.41. The van der Waals surface area contributed by atoms with E-state index in [2.05, 4.69) is 10.2 Å². The van der Waals surface area contributed by atoms with Crippen LogP contribution in [0.15, 0.2) is 109 Å². The Morgan fingerprint density at radius 1 is 0.740 bits per heavy atom. The number of nitrogens with zero attached hydrogens (tertiary/aromatic N) is 3. The maximum absolute atomic E-state index is 15.0. The number of sulfonamides is 1. The van der Waals surface area contributed by atoms with Gasteiger partial charge in [0, 0.05) is 65.2 Å². The Labute approximate surface area is 456 Å². The molecule has 0 aromatic heterocycles. The average molecular weight is 1120 g/mol. The number of carbonyl (C=O) groups excluding carboxylic acids is 2. The van der Waals surface area contributed by atoms with E-state index in [1.807, 2.05) is 99.6 Å². The van der Waals surface area contributed by atoms with Crippen molar-refractivity contribution in [3.8, 4) is 22.5 Å². The molecule has 19 heteroatoms. The summed E-state index contributed by atoms with van der Waals surface area (Å²) in [7, 11) is -11.7. The minimum atomic E-state index is -4.54. The zero-order valence-corrected chi connectivity index (χ0v) is 48.9. The molecule has 1 aliphatic heterocycles. The van der Waals surface area contributed by atoms with Crippen molar-refractivity contribution in [1.29, 1.82) is 0 Å². The Morgan fingerprint density at radius 2 is 1.35 bits per heavy atom. The second-order valence-corrected chi connectivity index (χ2v) is 25.3. The number of benzene rings is 5. The fourth-order valence-corrected chi connectivity index (χ4v) is 11.9. The summed E-state index contributed by atoms with van der Waals surface area (Å²) in [6, 6.07) is 24.2. The van der Waals surface area contributed by atoms with E-state index in [9.17, 15) is 39.4 Å². The summed E-state index contributed by atoms with van der Waals surface area (Å²) in [6.07, 6.45) is -0.209. The molecule has 0 unspecified atom stereocenters. The molecule has 2 aliphatic rings. The van der Waals surface area contributed by atoms with Crippen LogP contribution in [0.3, 0.4) is 0 Å². The number of anilines is 2. The molecule has 0 atom stereocenters. The first kappa shape index (κ1) is 60.1. The number of fused-ring (bicyclic) bond motifs is 2. The van der Waals surface area contributed by atoms with Crippen molar-refractivity contribution >= 4 is 70.9 Å². The zero-order chi connectivity index (χ0) is 56.9. The molecule has 1 aliphatic carbocycles. The molecule has 77 heavy (non-hydrogen) atoms. The third-order valence-electron chi connectivity index (χ3n) is 13.9.